The first-order valence-electron chi connectivity index (χ1n) is 8.22. The number of benzene rings is 1. The number of aryl methyl sites for hydroxylation is 2. The maximum Gasteiger partial charge on any atom is 0.191 e. The van der Waals surface area contributed by atoms with Crippen LogP contribution in [0.25, 0.3) is 0 Å². The van der Waals surface area contributed by atoms with Crippen LogP contribution in [0.3, 0.4) is 0 Å². The Balaban J connectivity index is 0.00000338. The van der Waals surface area contributed by atoms with Gasteiger partial charge in [-0.05, 0) is 31.5 Å². The van der Waals surface area contributed by atoms with Crippen molar-refractivity contribution < 1.29 is 4.39 Å². The largest absolute Gasteiger partial charge is 0.375 e. The van der Waals surface area contributed by atoms with Crippen molar-refractivity contribution in [1.29, 1.82) is 0 Å². The SMILES string of the molecule is CN=C(NCc1ccc(N(C)C)c(F)c1)NCc1c(C)nn(C)c1C.I. The Morgan fingerprint density at radius 1 is 1.23 bits per heavy atom. The second-order valence-corrected chi connectivity index (χ2v) is 6.23. The van der Waals surface area contributed by atoms with Gasteiger partial charge in [0.15, 0.2) is 5.96 Å². The molecule has 8 heteroatoms. The molecule has 1 heterocycles. The molecule has 0 spiro atoms. The molecule has 2 aromatic rings. The molecule has 2 rings (SSSR count). The van der Waals surface area contributed by atoms with Gasteiger partial charge in [-0.25, -0.2) is 4.39 Å². The summed E-state index contributed by atoms with van der Waals surface area (Å²) in [5.41, 5.74) is 4.73. The summed E-state index contributed by atoms with van der Waals surface area (Å²) in [7, 11) is 7.30. The molecule has 0 unspecified atom stereocenters. The monoisotopic (exact) mass is 474 g/mol. The highest BCUT2D eigenvalue weighted by atomic mass is 127. The summed E-state index contributed by atoms with van der Waals surface area (Å²) in [6.07, 6.45) is 0. The minimum Gasteiger partial charge on any atom is -0.375 e. The van der Waals surface area contributed by atoms with Crippen molar-refractivity contribution in [3.8, 4) is 0 Å². The van der Waals surface area contributed by atoms with Crippen molar-refractivity contribution in [2.24, 2.45) is 12.0 Å². The molecule has 0 bridgehead atoms. The van der Waals surface area contributed by atoms with Gasteiger partial charge in [-0.3, -0.25) is 9.67 Å². The van der Waals surface area contributed by atoms with E-state index in [1.165, 1.54) is 0 Å². The second-order valence-electron chi connectivity index (χ2n) is 6.23. The maximum absolute atomic E-state index is 14.0. The number of guanidine groups is 1. The van der Waals surface area contributed by atoms with Gasteiger partial charge in [-0.15, -0.1) is 24.0 Å². The van der Waals surface area contributed by atoms with E-state index < -0.39 is 0 Å². The third kappa shape index (κ3) is 5.33. The van der Waals surface area contributed by atoms with E-state index in [9.17, 15) is 4.39 Å². The number of aliphatic imine (C=N–C) groups is 1. The Morgan fingerprint density at radius 3 is 2.38 bits per heavy atom. The smallest absolute Gasteiger partial charge is 0.191 e. The fourth-order valence-electron chi connectivity index (χ4n) is 2.67. The fourth-order valence-corrected chi connectivity index (χ4v) is 2.67. The minimum atomic E-state index is -0.228. The van der Waals surface area contributed by atoms with Gasteiger partial charge in [0, 0.05) is 52.5 Å². The highest BCUT2D eigenvalue weighted by Gasteiger charge is 2.10. The topological polar surface area (TPSA) is 57.5 Å². The van der Waals surface area contributed by atoms with Crippen molar-refractivity contribution in [3.05, 3.63) is 46.5 Å². The van der Waals surface area contributed by atoms with E-state index in [4.69, 9.17) is 0 Å². The van der Waals surface area contributed by atoms with Crippen LogP contribution in [0.15, 0.2) is 23.2 Å². The van der Waals surface area contributed by atoms with Gasteiger partial charge in [0.2, 0.25) is 0 Å². The summed E-state index contributed by atoms with van der Waals surface area (Å²) in [6, 6.07) is 5.24. The predicted octanol–water partition coefficient (Wildman–Crippen LogP) is 2.73. The normalized spacial score (nSPS) is 11.1. The van der Waals surface area contributed by atoms with Crippen molar-refractivity contribution >= 4 is 35.6 Å². The first kappa shape index (κ1) is 22.2. The quantitative estimate of drug-likeness (QED) is 0.398. The van der Waals surface area contributed by atoms with Crippen LogP contribution in [0.1, 0.15) is 22.5 Å². The molecule has 0 aliphatic rings. The molecule has 0 amide bonds. The number of anilines is 1. The lowest BCUT2D eigenvalue weighted by Crippen LogP contribution is -2.36. The molecule has 6 nitrogen and oxygen atoms in total. The van der Waals surface area contributed by atoms with Crippen LogP contribution in [-0.4, -0.2) is 36.9 Å². The van der Waals surface area contributed by atoms with Crippen LogP contribution < -0.4 is 15.5 Å². The average Bonchev–Trinajstić information content (AvgIpc) is 2.80. The molecular formula is C18H28FIN6. The van der Waals surface area contributed by atoms with Gasteiger partial charge < -0.3 is 15.5 Å². The molecule has 0 atom stereocenters. The summed E-state index contributed by atoms with van der Waals surface area (Å²) in [6.45, 7) is 5.17. The summed E-state index contributed by atoms with van der Waals surface area (Å²) in [5.74, 6) is 0.439. The standard InChI is InChI=1S/C18H27FN6.HI/c1-12-15(13(2)25(6)23-12)11-22-18(20-3)21-10-14-7-8-17(24(4)5)16(19)9-14;/h7-9H,10-11H2,1-6H3,(H2,20,21,22);1H. The van der Waals surface area contributed by atoms with Crippen LogP contribution in [0.5, 0.6) is 0 Å². The van der Waals surface area contributed by atoms with E-state index in [2.05, 4.69) is 20.7 Å². The molecule has 0 aliphatic heterocycles. The Bertz CT molecular complexity index is 769. The Hall–Kier alpha value is -1.84. The van der Waals surface area contributed by atoms with Gasteiger partial charge in [0.25, 0.3) is 0 Å². The molecule has 1 aromatic heterocycles. The number of halogens is 2. The number of nitrogens with one attached hydrogen (secondary N) is 2. The maximum atomic E-state index is 14.0. The number of nitrogens with zero attached hydrogens (tertiary/aromatic N) is 4. The van der Waals surface area contributed by atoms with E-state index in [0.717, 1.165) is 22.5 Å². The Kier molecular flexibility index (Phi) is 8.32. The van der Waals surface area contributed by atoms with Crippen LogP contribution in [-0.2, 0) is 20.1 Å². The van der Waals surface area contributed by atoms with E-state index in [1.54, 1.807) is 24.1 Å². The third-order valence-corrected chi connectivity index (χ3v) is 4.27. The van der Waals surface area contributed by atoms with Crippen molar-refractivity contribution in [2.75, 3.05) is 26.0 Å². The van der Waals surface area contributed by atoms with Crippen LogP contribution >= 0.6 is 24.0 Å². The number of hydrogen-bond acceptors (Lipinski definition) is 3. The molecule has 0 saturated carbocycles. The average molecular weight is 474 g/mol. The molecule has 0 fully saturated rings. The first-order chi connectivity index (χ1) is 11.8. The van der Waals surface area contributed by atoms with Gasteiger partial charge in [0.1, 0.15) is 5.82 Å². The Labute approximate surface area is 171 Å². The van der Waals surface area contributed by atoms with Crippen LogP contribution in [0.2, 0.25) is 0 Å². The number of rotatable bonds is 5. The number of aromatic nitrogens is 2. The lowest BCUT2D eigenvalue weighted by molar-refractivity contribution is 0.623. The van der Waals surface area contributed by atoms with E-state index in [1.807, 2.05) is 45.7 Å². The van der Waals surface area contributed by atoms with Gasteiger partial charge in [-0.1, -0.05) is 6.07 Å². The fraction of sp³-hybridized carbons (Fsp3) is 0.444. The molecule has 1 aromatic carbocycles. The summed E-state index contributed by atoms with van der Waals surface area (Å²) >= 11 is 0. The lowest BCUT2D eigenvalue weighted by Gasteiger charge is -2.15. The van der Waals surface area contributed by atoms with Gasteiger partial charge in [0.05, 0.1) is 11.4 Å². The van der Waals surface area contributed by atoms with Crippen molar-refractivity contribution in [3.63, 3.8) is 0 Å². The van der Waals surface area contributed by atoms with Crippen LogP contribution in [0, 0.1) is 19.7 Å². The zero-order valence-corrected chi connectivity index (χ0v) is 18.6. The van der Waals surface area contributed by atoms with Gasteiger partial charge >= 0.3 is 0 Å². The molecule has 2 N–H and O–H groups in total. The summed E-state index contributed by atoms with van der Waals surface area (Å²) in [4.78, 5) is 5.97. The lowest BCUT2D eigenvalue weighted by atomic mass is 10.2. The van der Waals surface area contributed by atoms with Crippen LogP contribution in [0.4, 0.5) is 10.1 Å². The second kappa shape index (κ2) is 9.75. The molecule has 26 heavy (non-hydrogen) atoms. The van der Waals surface area contributed by atoms with Crippen molar-refractivity contribution in [1.82, 2.24) is 20.4 Å². The Morgan fingerprint density at radius 2 is 1.88 bits per heavy atom. The molecule has 0 radical (unpaired) electrons. The predicted molar refractivity (Wildman–Crippen MR) is 116 cm³/mol. The highest BCUT2D eigenvalue weighted by molar-refractivity contribution is 14.0. The highest BCUT2D eigenvalue weighted by Crippen LogP contribution is 2.18. The third-order valence-electron chi connectivity index (χ3n) is 4.27. The molecular weight excluding hydrogens is 446 g/mol. The number of hydrogen-bond donors (Lipinski definition) is 2. The molecule has 0 aliphatic carbocycles. The molecule has 144 valence electrons. The minimum absolute atomic E-state index is 0. The van der Waals surface area contributed by atoms with Gasteiger partial charge in [-0.2, -0.15) is 5.10 Å². The van der Waals surface area contributed by atoms with E-state index in [-0.39, 0.29) is 29.8 Å². The zero-order chi connectivity index (χ0) is 18.6. The zero-order valence-electron chi connectivity index (χ0n) is 16.2. The molecule has 0 saturated heterocycles. The first-order valence-corrected chi connectivity index (χ1v) is 8.22. The van der Waals surface area contributed by atoms with E-state index in [0.29, 0.717) is 24.7 Å². The van der Waals surface area contributed by atoms with E-state index >= 15 is 0 Å². The summed E-state index contributed by atoms with van der Waals surface area (Å²) in [5, 5.41) is 10.9. The summed E-state index contributed by atoms with van der Waals surface area (Å²) < 4.78 is 15.9. The van der Waals surface area contributed by atoms with Crippen molar-refractivity contribution in [2.45, 2.75) is 26.9 Å².